The summed E-state index contributed by atoms with van der Waals surface area (Å²) in [5.74, 6) is 0.803. The van der Waals surface area contributed by atoms with Crippen molar-refractivity contribution in [2.75, 3.05) is 33.1 Å². The Hall–Kier alpha value is -0.870. The van der Waals surface area contributed by atoms with Gasteiger partial charge >= 0.3 is 0 Å². The molecule has 6 nitrogen and oxygen atoms in total. The largest absolute Gasteiger partial charge is 0.383 e. The van der Waals surface area contributed by atoms with E-state index < -0.39 is 9.84 Å². The second-order valence-corrected chi connectivity index (χ2v) is 7.14. The summed E-state index contributed by atoms with van der Waals surface area (Å²) in [5, 5.41) is 6.33. The lowest BCUT2D eigenvalue weighted by atomic mass is 10.1. The Bertz CT molecular complexity index is 574. The van der Waals surface area contributed by atoms with E-state index in [4.69, 9.17) is 4.74 Å². The van der Waals surface area contributed by atoms with Crippen LogP contribution in [0.15, 0.2) is 29.3 Å². The lowest BCUT2D eigenvalue weighted by Crippen LogP contribution is -2.38. The topological polar surface area (TPSA) is 79.8 Å². The number of hydrogen-bond acceptors (Lipinski definition) is 4. The Morgan fingerprint density at radius 1 is 1.17 bits per heavy atom. The second kappa shape index (κ2) is 11.6. The summed E-state index contributed by atoms with van der Waals surface area (Å²) < 4.78 is 27.5. The predicted octanol–water partition coefficient (Wildman–Crippen LogP) is 1.55. The summed E-state index contributed by atoms with van der Waals surface area (Å²) >= 11 is 0. The van der Waals surface area contributed by atoms with Gasteiger partial charge < -0.3 is 15.4 Å². The van der Waals surface area contributed by atoms with Crippen LogP contribution in [0.25, 0.3) is 0 Å². The number of guanidine groups is 1. The summed E-state index contributed by atoms with van der Waals surface area (Å²) in [5.41, 5.74) is 1.82. The fourth-order valence-electron chi connectivity index (χ4n) is 1.83. The zero-order valence-corrected chi connectivity index (χ0v) is 17.0. The average molecular weight is 455 g/mol. The molecule has 8 heteroatoms. The van der Waals surface area contributed by atoms with Crippen LogP contribution in [0.1, 0.15) is 18.1 Å². The smallest absolute Gasteiger partial charge is 0.191 e. The van der Waals surface area contributed by atoms with Crippen molar-refractivity contribution < 1.29 is 13.2 Å². The number of rotatable bonds is 8. The van der Waals surface area contributed by atoms with Crippen molar-refractivity contribution in [3.63, 3.8) is 0 Å². The van der Waals surface area contributed by atoms with Gasteiger partial charge in [-0.15, -0.1) is 24.0 Å². The van der Waals surface area contributed by atoms with Crippen LogP contribution < -0.4 is 10.6 Å². The SMILES string of the molecule is CCNC(=NCc1ccc(CS(C)(=O)=O)cc1)NCCOC.I. The molecule has 0 aliphatic heterocycles. The molecule has 0 aromatic heterocycles. The number of benzene rings is 1. The third kappa shape index (κ3) is 10.5. The molecule has 0 aliphatic carbocycles. The highest BCUT2D eigenvalue weighted by molar-refractivity contribution is 14.0. The van der Waals surface area contributed by atoms with Crippen LogP contribution in [0.2, 0.25) is 0 Å². The van der Waals surface area contributed by atoms with Crippen LogP contribution in [0.4, 0.5) is 0 Å². The summed E-state index contributed by atoms with van der Waals surface area (Å²) in [7, 11) is -1.34. The predicted molar refractivity (Wildman–Crippen MR) is 105 cm³/mol. The molecule has 1 aromatic rings. The highest BCUT2D eigenvalue weighted by Gasteiger charge is 2.04. The summed E-state index contributed by atoms with van der Waals surface area (Å²) in [4.78, 5) is 4.48. The van der Waals surface area contributed by atoms with Gasteiger partial charge in [0.25, 0.3) is 0 Å². The van der Waals surface area contributed by atoms with Gasteiger partial charge in [0.05, 0.1) is 18.9 Å². The molecule has 23 heavy (non-hydrogen) atoms. The van der Waals surface area contributed by atoms with Crippen molar-refractivity contribution in [1.29, 1.82) is 0 Å². The van der Waals surface area contributed by atoms with Gasteiger partial charge in [-0.3, -0.25) is 0 Å². The van der Waals surface area contributed by atoms with Crippen molar-refractivity contribution >= 4 is 39.8 Å². The van der Waals surface area contributed by atoms with Gasteiger partial charge in [0, 0.05) is 26.5 Å². The molecule has 0 aliphatic rings. The van der Waals surface area contributed by atoms with Gasteiger partial charge in [0.1, 0.15) is 0 Å². The first-order chi connectivity index (χ1) is 10.4. The number of nitrogens with zero attached hydrogens (tertiary/aromatic N) is 1. The third-order valence-electron chi connectivity index (χ3n) is 2.81. The maximum absolute atomic E-state index is 11.2. The first kappa shape index (κ1) is 22.1. The van der Waals surface area contributed by atoms with Crippen molar-refractivity contribution in [2.24, 2.45) is 4.99 Å². The fourth-order valence-corrected chi connectivity index (χ4v) is 2.63. The molecule has 0 unspecified atom stereocenters. The van der Waals surface area contributed by atoms with Crippen LogP contribution >= 0.6 is 24.0 Å². The first-order valence-corrected chi connectivity index (χ1v) is 9.27. The van der Waals surface area contributed by atoms with E-state index in [1.807, 2.05) is 31.2 Å². The zero-order chi connectivity index (χ0) is 16.4. The van der Waals surface area contributed by atoms with E-state index >= 15 is 0 Å². The van der Waals surface area contributed by atoms with E-state index in [1.54, 1.807) is 7.11 Å². The molecule has 0 heterocycles. The number of methoxy groups -OCH3 is 1. The zero-order valence-electron chi connectivity index (χ0n) is 13.8. The van der Waals surface area contributed by atoms with Crippen LogP contribution in [0.5, 0.6) is 0 Å². The van der Waals surface area contributed by atoms with Crippen molar-refractivity contribution in [2.45, 2.75) is 19.2 Å². The lowest BCUT2D eigenvalue weighted by molar-refractivity contribution is 0.203. The number of aliphatic imine (C=N–C) groups is 1. The van der Waals surface area contributed by atoms with E-state index in [9.17, 15) is 8.42 Å². The van der Waals surface area contributed by atoms with Crippen molar-refractivity contribution in [3.05, 3.63) is 35.4 Å². The molecule has 0 amide bonds. The molecule has 0 saturated heterocycles. The van der Waals surface area contributed by atoms with E-state index in [1.165, 1.54) is 6.26 Å². The third-order valence-corrected chi connectivity index (χ3v) is 3.67. The maximum Gasteiger partial charge on any atom is 0.191 e. The summed E-state index contributed by atoms with van der Waals surface area (Å²) in [6, 6.07) is 7.47. The monoisotopic (exact) mass is 455 g/mol. The van der Waals surface area contributed by atoms with Crippen LogP contribution in [-0.2, 0) is 26.9 Å². The van der Waals surface area contributed by atoms with Gasteiger partial charge in [-0.2, -0.15) is 0 Å². The summed E-state index contributed by atoms with van der Waals surface area (Å²) in [6.45, 7) is 4.63. The normalized spacial score (nSPS) is 11.7. The first-order valence-electron chi connectivity index (χ1n) is 7.21. The highest BCUT2D eigenvalue weighted by Crippen LogP contribution is 2.08. The molecule has 1 rings (SSSR count). The molecule has 132 valence electrons. The number of halogens is 1. The van der Waals surface area contributed by atoms with Crippen molar-refractivity contribution in [3.8, 4) is 0 Å². The van der Waals surface area contributed by atoms with E-state index in [0.717, 1.165) is 23.6 Å². The molecular formula is C15H26IN3O3S. The quantitative estimate of drug-likeness (QED) is 0.269. The minimum atomic E-state index is -3.00. The van der Waals surface area contributed by atoms with Gasteiger partial charge in [-0.25, -0.2) is 13.4 Å². The van der Waals surface area contributed by atoms with Crippen LogP contribution in [0.3, 0.4) is 0 Å². The van der Waals surface area contributed by atoms with Crippen molar-refractivity contribution in [1.82, 2.24) is 10.6 Å². The molecule has 0 atom stereocenters. The Balaban J connectivity index is 0.00000484. The standard InChI is InChI=1S/C15H25N3O3S.HI/c1-4-16-15(17-9-10-21-2)18-11-13-5-7-14(8-6-13)12-22(3,19)20;/h5-8H,4,9-12H2,1-3H3,(H2,16,17,18);1H. The van der Waals surface area contributed by atoms with Crippen LogP contribution in [0, 0.1) is 0 Å². The maximum atomic E-state index is 11.2. The number of sulfone groups is 1. The minimum absolute atomic E-state index is 0. The Labute approximate surface area is 156 Å². The van der Waals surface area contributed by atoms with Gasteiger partial charge in [-0.1, -0.05) is 24.3 Å². The Kier molecular flexibility index (Phi) is 11.2. The second-order valence-electron chi connectivity index (χ2n) is 5.00. The molecule has 0 spiro atoms. The highest BCUT2D eigenvalue weighted by atomic mass is 127. The fraction of sp³-hybridized carbons (Fsp3) is 0.533. The molecule has 2 N–H and O–H groups in total. The Morgan fingerprint density at radius 2 is 1.78 bits per heavy atom. The minimum Gasteiger partial charge on any atom is -0.383 e. The molecule has 1 aromatic carbocycles. The van der Waals surface area contributed by atoms with E-state index in [-0.39, 0.29) is 29.7 Å². The molecule has 0 bridgehead atoms. The molecular weight excluding hydrogens is 429 g/mol. The number of ether oxygens (including phenoxy) is 1. The van der Waals surface area contributed by atoms with Gasteiger partial charge in [0.2, 0.25) is 0 Å². The van der Waals surface area contributed by atoms with Gasteiger partial charge in [0.15, 0.2) is 15.8 Å². The van der Waals surface area contributed by atoms with E-state index in [2.05, 4.69) is 15.6 Å². The molecule has 0 fully saturated rings. The van der Waals surface area contributed by atoms with E-state index in [0.29, 0.717) is 19.7 Å². The molecule has 0 radical (unpaired) electrons. The molecule has 0 saturated carbocycles. The number of hydrogen-bond donors (Lipinski definition) is 2. The lowest BCUT2D eigenvalue weighted by Gasteiger charge is -2.10. The summed E-state index contributed by atoms with van der Waals surface area (Å²) in [6.07, 6.45) is 1.24. The van der Waals surface area contributed by atoms with Gasteiger partial charge in [-0.05, 0) is 18.1 Å². The number of nitrogens with one attached hydrogen (secondary N) is 2. The Morgan fingerprint density at radius 3 is 2.30 bits per heavy atom. The average Bonchev–Trinajstić information content (AvgIpc) is 2.45. The van der Waals surface area contributed by atoms with Crippen LogP contribution in [-0.4, -0.2) is 47.4 Å².